The van der Waals surface area contributed by atoms with E-state index >= 15 is 0 Å². The number of furan rings is 1. The van der Waals surface area contributed by atoms with Crippen LogP contribution in [-0.4, -0.2) is 15.0 Å². The number of rotatable bonds is 4. The molecule has 0 aliphatic heterocycles. The second-order valence-electron chi connectivity index (χ2n) is 13.1. The van der Waals surface area contributed by atoms with Crippen molar-refractivity contribution in [3.8, 4) is 22.5 Å². The molecule has 47 heavy (non-hydrogen) atoms. The molecular weight excluding hydrogens is 755 g/mol. The Balaban J connectivity index is 0.000000217. The van der Waals surface area contributed by atoms with Crippen LogP contribution in [0.15, 0.2) is 102 Å². The third kappa shape index (κ3) is 7.59. The number of hydrogen-bond acceptors (Lipinski definition) is 4. The molecule has 239 valence electrons. The largest absolute Gasteiger partial charge is 0.506 e. The Morgan fingerprint density at radius 3 is 2.23 bits per heavy atom. The summed E-state index contributed by atoms with van der Waals surface area (Å²) in [5, 5.41) is 1.93. The van der Waals surface area contributed by atoms with Crippen LogP contribution in [0.25, 0.3) is 44.4 Å². The van der Waals surface area contributed by atoms with Crippen LogP contribution in [0, 0.1) is 39.8 Å². The second kappa shape index (κ2) is 14.1. The summed E-state index contributed by atoms with van der Waals surface area (Å²) in [5.41, 5.74) is 14.2. The third-order valence-corrected chi connectivity index (χ3v) is 8.48. The second-order valence-corrected chi connectivity index (χ2v) is 13.1. The summed E-state index contributed by atoms with van der Waals surface area (Å²) in [6, 6.07) is 34.0. The molecule has 0 aliphatic rings. The molecule has 5 heteroatoms. The van der Waals surface area contributed by atoms with E-state index < -0.39 is 0 Å². The van der Waals surface area contributed by atoms with E-state index in [-0.39, 0.29) is 25.5 Å². The van der Waals surface area contributed by atoms with Crippen LogP contribution >= 0.6 is 0 Å². The van der Waals surface area contributed by atoms with Gasteiger partial charge in [-0.05, 0) is 54.8 Å². The van der Waals surface area contributed by atoms with Gasteiger partial charge in [0.05, 0.1) is 5.58 Å². The van der Waals surface area contributed by atoms with Crippen LogP contribution < -0.4 is 0 Å². The van der Waals surface area contributed by atoms with Gasteiger partial charge in [-0.25, -0.2) is 0 Å². The van der Waals surface area contributed by atoms with Crippen LogP contribution in [-0.2, 0) is 31.9 Å². The van der Waals surface area contributed by atoms with Crippen molar-refractivity contribution in [2.45, 2.75) is 60.3 Å². The Hall–Kier alpha value is -4.44. The predicted molar refractivity (Wildman–Crippen MR) is 189 cm³/mol. The molecule has 0 spiro atoms. The fraction of sp³-hybridized carbons (Fsp3) is 0.214. The van der Waals surface area contributed by atoms with E-state index in [9.17, 15) is 0 Å². The van der Waals surface area contributed by atoms with Gasteiger partial charge in [0.1, 0.15) is 0 Å². The van der Waals surface area contributed by atoms with E-state index in [1.807, 2.05) is 30.6 Å². The SMILES string of the molecule is CC(C)(C)c1ccc2c(-c3cc(Cc4ccccc4)ccn3)[c-]c3ccoc3c2n1.Cc1c[c-]c(-c2cc(C)c(C)cn2)cc1C.[Ir]. The molecule has 0 amide bonds. The molecule has 7 aromatic rings. The topological polar surface area (TPSA) is 51.8 Å². The Morgan fingerprint density at radius 2 is 1.51 bits per heavy atom. The van der Waals surface area contributed by atoms with Gasteiger partial charge in [-0.15, -0.1) is 41.0 Å². The van der Waals surface area contributed by atoms with Gasteiger partial charge >= 0.3 is 0 Å². The number of benzene rings is 3. The molecule has 3 aromatic carbocycles. The maximum atomic E-state index is 5.78. The van der Waals surface area contributed by atoms with Gasteiger partial charge in [0.2, 0.25) is 0 Å². The Bertz CT molecular complexity index is 2110. The van der Waals surface area contributed by atoms with E-state index in [1.54, 1.807) is 6.26 Å². The monoisotopic (exact) mass is 794 g/mol. The van der Waals surface area contributed by atoms with Gasteiger partial charge in [-0.3, -0.25) is 9.97 Å². The van der Waals surface area contributed by atoms with Gasteiger partial charge < -0.3 is 9.40 Å². The van der Waals surface area contributed by atoms with Gasteiger partial charge in [0.25, 0.3) is 0 Å². The van der Waals surface area contributed by atoms with Crippen LogP contribution in [0.5, 0.6) is 0 Å². The summed E-state index contributed by atoms with van der Waals surface area (Å²) in [6.45, 7) is 14.9. The zero-order valence-corrected chi connectivity index (χ0v) is 30.4. The fourth-order valence-corrected chi connectivity index (χ4v) is 5.39. The van der Waals surface area contributed by atoms with Gasteiger partial charge in [0.15, 0.2) is 0 Å². The smallest absolute Gasteiger partial charge is 0.0847 e. The molecule has 1 radical (unpaired) electrons. The van der Waals surface area contributed by atoms with Gasteiger partial charge in [-0.2, -0.15) is 0 Å². The summed E-state index contributed by atoms with van der Waals surface area (Å²) in [4.78, 5) is 14.1. The van der Waals surface area contributed by atoms with Crippen molar-refractivity contribution in [1.29, 1.82) is 0 Å². The minimum atomic E-state index is -0.0410. The first-order chi connectivity index (χ1) is 22.1. The van der Waals surface area contributed by atoms with Crippen molar-refractivity contribution in [3.05, 3.63) is 149 Å². The number of fused-ring (bicyclic) bond motifs is 3. The number of aromatic nitrogens is 3. The van der Waals surface area contributed by atoms with E-state index in [0.29, 0.717) is 0 Å². The zero-order valence-electron chi connectivity index (χ0n) is 28.0. The maximum absolute atomic E-state index is 5.78. The van der Waals surface area contributed by atoms with Crippen LogP contribution in [0.4, 0.5) is 0 Å². The Labute approximate surface area is 291 Å². The molecule has 4 heterocycles. The van der Waals surface area contributed by atoms with Crippen molar-refractivity contribution in [2.24, 2.45) is 0 Å². The number of nitrogens with zero attached hydrogens (tertiary/aromatic N) is 3. The Morgan fingerprint density at radius 1 is 0.745 bits per heavy atom. The average Bonchev–Trinajstić information content (AvgIpc) is 3.53. The molecule has 0 N–H and O–H groups in total. The molecule has 7 rings (SSSR count). The molecular formula is C42H39IrN3O-2. The summed E-state index contributed by atoms with van der Waals surface area (Å²) >= 11 is 0. The van der Waals surface area contributed by atoms with E-state index in [0.717, 1.165) is 56.5 Å². The predicted octanol–water partition coefficient (Wildman–Crippen LogP) is 10.5. The normalized spacial score (nSPS) is 11.2. The zero-order chi connectivity index (χ0) is 32.4. The van der Waals surface area contributed by atoms with Crippen molar-refractivity contribution < 1.29 is 24.5 Å². The maximum Gasteiger partial charge on any atom is 0.0847 e. The number of aryl methyl sites for hydroxylation is 4. The molecule has 0 unspecified atom stereocenters. The van der Waals surface area contributed by atoms with Crippen LogP contribution in [0.1, 0.15) is 59.8 Å². The molecule has 0 saturated carbocycles. The van der Waals surface area contributed by atoms with Crippen molar-refractivity contribution in [2.75, 3.05) is 0 Å². The summed E-state index contributed by atoms with van der Waals surface area (Å²) < 4.78 is 5.78. The van der Waals surface area contributed by atoms with Crippen LogP contribution in [0.3, 0.4) is 0 Å². The van der Waals surface area contributed by atoms with E-state index in [1.165, 1.54) is 33.4 Å². The average molecular weight is 794 g/mol. The molecule has 0 aliphatic carbocycles. The standard InChI is InChI=1S/C27H23N2O.C15H16N.Ir/c1-27(2,3)24-10-9-21-22(17-20-12-14-30-26(20)25(21)29-24)23-16-19(11-13-28-23)15-18-7-5-4-6-8-18;1-10-5-6-14(7-11(10)2)15-8-12(3)13(4)9-16-15;/h4-14,16H,15H2,1-3H3;5,7-9H,1-4H3;/q2*-1;. The van der Waals surface area contributed by atoms with Gasteiger partial charge in [-0.1, -0.05) is 111 Å². The summed E-state index contributed by atoms with van der Waals surface area (Å²) in [6.07, 6.45) is 6.38. The molecule has 0 fully saturated rings. The molecule has 0 atom stereocenters. The quantitative estimate of drug-likeness (QED) is 0.167. The first-order valence-corrected chi connectivity index (χ1v) is 15.7. The molecule has 0 bridgehead atoms. The number of pyridine rings is 3. The first-order valence-electron chi connectivity index (χ1n) is 15.7. The fourth-order valence-electron chi connectivity index (χ4n) is 5.39. The summed E-state index contributed by atoms with van der Waals surface area (Å²) in [5.74, 6) is 0. The minimum absolute atomic E-state index is 0. The Kier molecular flexibility index (Phi) is 10.2. The van der Waals surface area contributed by atoms with E-state index in [2.05, 4.69) is 131 Å². The van der Waals surface area contributed by atoms with Gasteiger partial charge in [0, 0.05) is 61.1 Å². The summed E-state index contributed by atoms with van der Waals surface area (Å²) in [7, 11) is 0. The molecule has 4 aromatic heterocycles. The minimum Gasteiger partial charge on any atom is -0.506 e. The van der Waals surface area contributed by atoms with E-state index in [4.69, 9.17) is 9.40 Å². The van der Waals surface area contributed by atoms with Crippen molar-refractivity contribution >= 4 is 21.9 Å². The van der Waals surface area contributed by atoms with Crippen LogP contribution in [0.2, 0.25) is 0 Å². The molecule has 4 nitrogen and oxygen atoms in total. The molecule has 0 saturated heterocycles. The first kappa shape index (κ1) is 33.9. The van der Waals surface area contributed by atoms with Crippen molar-refractivity contribution in [1.82, 2.24) is 15.0 Å². The number of hydrogen-bond donors (Lipinski definition) is 0. The third-order valence-electron chi connectivity index (χ3n) is 8.48. The van der Waals surface area contributed by atoms with Crippen molar-refractivity contribution in [3.63, 3.8) is 0 Å².